The number of rotatable bonds is 9. The molecule has 3 aromatic rings. The molecule has 0 amide bonds. The zero-order valence-electron chi connectivity index (χ0n) is 17.3. The monoisotopic (exact) mass is 433 g/mol. The number of thiophene rings is 1. The third-order valence-corrected chi connectivity index (χ3v) is 6.05. The Labute approximate surface area is 179 Å². The molecule has 0 bridgehead atoms. The van der Waals surface area contributed by atoms with Gasteiger partial charge in [-0.25, -0.2) is 0 Å². The summed E-state index contributed by atoms with van der Waals surface area (Å²) in [4.78, 5) is 3.29. The summed E-state index contributed by atoms with van der Waals surface area (Å²) in [6.07, 6.45) is -0.395. The first-order valence-electron chi connectivity index (χ1n) is 9.92. The fourth-order valence-corrected chi connectivity index (χ4v) is 4.57. The number of hydrogen-bond donors (Lipinski definition) is 0. The Kier molecular flexibility index (Phi) is 7.21. The van der Waals surface area contributed by atoms with E-state index in [1.54, 1.807) is 23.5 Å². The third-order valence-electron chi connectivity index (χ3n) is 4.98. The van der Waals surface area contributed by atoms with Gasteiger partial charge in [-0.15, -0.1) is 17.9 Å². The van der Waals surface area contributed by atoms with Crippen molar-refractivity contribution in [2.45, 2.75) is 25.9 Å². The van der Waals surface area contributed by atoms with E-state index in [9.17, 15) is 13.2 Å². The van der Waals surface area contributed by atoms with Crippen LogP contribution < -0.4 is 4.74 Å². The Morgan fingerprint density at radius 1 is 1.10 bits per heavy atom. The van der Waals surface area contributed by atoms with E-state index in [4.69, 9.17) is 4.74 Å². The van der Waals surface area contributed by atoms with Gasteiger partial charge in [0.15, 0.2) is 0 Å². The topological polar surface area (TPSA) is 12.5 Å². The summed E-state index contributed by atoms with van der Waals surface area (Å²) in [6, 6.07) is 11.3. The molecule has 0 aliphatic carbocycles. The summed E-state index contributed by atoms with van der Waals surface area (Å²) >= 11 is 1.63. The van der Waals surface area contributed by atoms with Crippen LogP contribution in [-0.4, -0.2) is 31.6 Å². The van der Waals surface area contributed by atoms with Gasteiger partial charge in [0, 0.05) is 27.1 Å². The van der Waals surface area contributed by atoms with Crippen LogP contribution in [0.25, 0.3) is 21.2 Å². The van der Waals surface area contributed by atoms with Crippen LogP contribution in [0.5, 0.6) is 5.75 Å². The van der Waals surface area contributed by atoms with Gasteiger partial charge in [0.1, 0.15) is 5.75 Å². The maximum absolute atomic E-state index is 12.8. The molecular formula is C24H26F3NOS. The number of benzene rings is 2. The van der Waals surface area contributed by atoms with E-state index >= 15 is 0 Å². The molecule has 0 saturated heterocycles. The van der Waals surface area contributed by atoms with Gasteiger partial charge in [-0.2, -0.15) is 13.2 Å². The molecule has 0 unspecified atom stereocenters. The Morgan fingerprint density at radius 3 is 2.50 bits per heavy atom. The number of alkyl halides is 3. The summed E-state index contributed by atoms with van der Waals surface area (Å²) in [5.74, 6) is 0.821. The molecule has 0 aliphatic rings. The number of halogens is 3. The van der Waals surface area contributed by atoms with Gasteiger partial charge in [0.05, 0.1) is 12.2 Å². The van der Waals surface area contributed by atoms with E-state index in [0.717, 1.165) is 69.9 Å². The Balaban J connectivity index is 1.68. The zero-order valence-corrected chi connectivity index (χ0v) is 18.1. The Morgan fingerprint density at radius 2 is 1.83 bits per heavy atom. The van der Waals surface area contributed by atoms with Crippen LogP contribution in [0.15, 0.2) is 55.1 Å². The molecule has 0 N–H and O–H groups in total. The van der Waals surface area contributed by atoms with E-state index in [2.05, 4.69) is 18.5 Å². The fraction of sp³-hybridized carbons (Fsp3) is 0.333. The van der Waals surface area contributed by atoms with Gasteiger partial charge in [-0.1, -0.05) is 18.2 Å². The molecule has 0 radical (unpaired) electrons. The number of ether oxygens (including phenoxy) is 1. The number of aryl methyl sites for hydroxylation is 1. The summed E-state index contributed by atoms with van der Waals surface area (Å²) in [5.41, 5.74) is 1.15. The first-order valence-corrected chi connectivity index (χ1v) is 10.7. The van der Waals surface area contributed by atoms with Crippen molar-refractivity contribution in [2.75, 3.05) is 26.7 Å². The van der Waals surface area contributed by atoms with Crippen molar-refractivity contribution in [3.63, 3.8) is 0 Å². The molecule has 30 heavy (non-hydrogen) atoms. The largest absolute Gasteiger partial charge is 0.494 e. The lowest BCUT2D eigenvalue weighted by Gasteiger charge is -2.13. The van der Waals surface area contributed by atoms with Crippen LogP contribution in [0.2, 0.25) is 0 Å². The van der Waals surface area contributed by atoms with Gasteiger partial charge < -0.3 is 9.64 Å². The quantitative estimate of drug-likeness (QED) is 0.262. The van der Waals surface area contributed by atoms with Crippen molar-refractivity contribution < 1.29 is 17.9 Å². The predicted octanol–water partition coefficient (Wildman–Crippen LogP) is 7.17. The molecule has 2 aromatic carbocycles. The smallest absolute Gasteiger partial charge is 0.416 e. The molecule has 1 aromatic heterocycles. The van der Waals surface area contributed by atoms with E-state index in [0.29, 0.717) is 6.61 Å². The molecule has 0 aliphatic heterocycles. The molecule has 0 saturated carbocycles. The highest BCUT2D eigenvalue weighted by atomic mass is 32.1. The lowest BCUT2D eigenvalue weighted by Crippen LogP contribution is -2.19. The molecule has 2 nitrogen and oxygen atoms in total. The zero-order chi connectivity index (χ0) is 21.7. The minimum absolute atomic E-state index is 0.630. The van der Waals surface area contributed by atoms with Crippen molar-refractivity contribution in [1.29, 1.82) is 0 Å². The van der Waals surface area contributed by atoms with Crippen LogP contribution in [0.1, 0.15) is 23.3 Å². The molecule has 160 valence electrons. The lowest BCUT2D eigenvalue weighted by molar-refractivity contribution is -0.137. The maximum Gasteiger partial charge on any atom is 0.416 e. The number of hydrogen-bond acceptors (Lipinski definition) is 3. The highest BCUT2D eigenvalue weighted by molar-refractivity contribution is 7.19. The number of nitrogens with zero attached hydrogens (tertiary/aromatic N) is 1. The van der Waals surface area contributed by atoms with Crippen molar-refractivity contribution in [3.05, 3.63) is 65.6 Å². The van der Waals surface area contributed by atoms with Crippen molar-refractivity contribution in [3.8, 4) is 16.9 Å². The number of unbranched alkanes of at least 4 members (excludes halogenated alkanes) is 1. The van der Waals surface area contributed by atoms with E-state index < -0.39 is 11.7 Å². The van der Waals surface area contributed by atoms with Crippen LogP contribution in [0.3, 0.4) is 0 Å². The van der Waals surface area contributed by atoms with Crippen LogP contribution in [-0.2, 0) is 6.18 Å². The van der Waals surface area contributed by atoms with Gasteiger partial charge in [-0.3, -0.25) is 0 Å². The van der Waals surface area contributed by atoms with Crippen molar-refractivity contribution >= 4 is 21.4 Å². The van der Waals surface area contributed by atoms with Crippen molar-refractivity contribution in [2.24, 2.45) is 0 Å². The molecule has 3 rings (SSSR count). The normalized spacial score (nSPS) is 11.9. The molecule has 0 fully saturated rings. The number of fused-ring (bicyclic) bond motifs is 1. The second-order valence-corrected chi connectivity index (χ2v) is 8.63. The first kappa shape index (κ1) is 22.4. The van der Waals surface area contributed by atoms with Crippen LogP contribution in [0, 0.1) is 6.92 Å². The van der Waals surface area contributed by atoms with E-state index in [-0.39, 0.29) is 0 Å². The van der Waals surface area contributed by atoms with Gasteiger partial charge in [0.2, 0.25) is 0 Å². The minimum atomic E-state index is -4.32. The van der Waals surface area contributed by atoms with Gasteiger partial charge >= 0.3 is 6.18 Å². The summed E-state index contributed by atoms with van der Waals surface area (Å²) in [5, 5.41) is 1.04. The summed E-state index contributed by atoms with van der Waals surface area (Å²) in [6.45, 7) is 8.29. The molecule has 6 heteroatoms. The first-order chi connectivity index (χ1) is 14.3. The average molecular weight is 434 g/mol. The Bertz CT molecular complexity index is 992. The van der Waals surface area contributed by atoms with E-state index in [1.807, 2.05) is 31.2 Å². The van der Waals surface area contributed by atoms with Gasteiger partial charge in [-0.05, 0) is 69.3 Å². The average Bonchev–Trinajstić information content (AvgIpc) is 3.02. The van der Waals surface area contributed by atoms with E-state index in [1.165, 1.54) is 0 Å². The SMILES string of the molecule is C=CCN(C)CCCCOc1ccc2c(-c3ccc(C(F)(F)F)cc3)c(C)sc2c1. The van der Waals surface area contributed by atoms with Crippen molar-refractivity contribution in [1.82, 2.24) is 4.90 Å². The highest BCUT2D eigenvalue weighted by Gasteiger charge is 2.30. The summed E-state index contributed by atoms with van der Waals surface area (Å²) < 4.78 is 45.5. The standard InChI is InChI=1S/C24H26F3NOS/c1-4-13-28(3)14-5-6-15-29-20-11-12-21-22(16-20)30-17(2)23(21)18-7-9-19(10-8-18)24(25,26)27/h4,7-12,16H,1,5-6,13-15H2,2-3H3. The maximum atomic E-state index is 12.8. The summed E-state index contributed by atoms with van der Waals surface area (Å²) in [7, 11) is 2.07. The molecule has 0 atom stereocenters. The van der Waals surface area contributed by atoms with Gasteiger partial charge in [0.25, 0.3) is 0 Å². The van der Waals surface area contributed by atoms with Crippen LogP contribution in [0.4, 0.5) is 13.2 Å². The Hall–Kier alpha value is -2.31. The predicted molar refractivity (Wildman–Crippen MR) is 119 cm³/mol. The minimum Gasteiger partial charge on any atom is -0.494 e. The molecule has 1 heterocycles. The second-order valence-electron chi connectivity index (χ2n) is 7.37. The molecule has 0 spiro atoms. The fourth-order valence-electron chi connectivity index (χ4n) is 3.46. The lowest BCUT2D eigenvalue weighted by atomic mass is 10.0. The third kappa shape index (κ3) is 5.43. The molecular weight excluding hydrogens is 407 g/mol. The van der Waals surface area contributed by atoms with Crippen LogP contribution >= 0.6 is 11.3 Å². The second kappa shape index (κ2) is 9.67. The highest BCUT2D eigenvalue weighted by Crippen LogP contribution is 2.40. The number of likely N-dealkylation sites (N-methyl/N-ethyl adjacent to an activating group) is 1.